The molecule has 0 saturated carbocycles. The summed E-state index contributed by atoms with van der Waals surface area (Å²) in [5.41, 5.74) is 0. The second-order valence-electron chi connectivity index (χ2n) is 3.47. The highest BCUT2D eigenvalue weighted by atomic mass is 14.2. The normalized spacial score (nSPS) is 11.7. The number of hydrogen-bond donors (Lipinski definition) is 0. The fourth-order valence-corrected chi connectivity index (χ4v) is 1.22. The van der Waals surface area contributed by atoms with Crippen molar-refractivity contribution in [1.82, 2.24) is 0 Å². The summed E-state index contributed by atoms with van der Waals surface area (Å²) in [5.74, 6) is 0. The van der Waals surface area contributed by atoms with Gasteiger partial charge in [0.05, 0.1) is 6.07 Å². The van der Waals surface area contributed by atoms with Crippen LogP contribution < -0.4 is 0 Å². The fourth-order valence-electron chi connectivity index (χ4n) is 1.22. The molecule has 0 aliphatic heterocycles. The molecule has 0 atom stereocenters. The lowest BCUT2D eigenvalue weighted by Crippen LogP contribution is -1.72. The lowest BCUT2D eigenvalue weighted by molar-refractivity contribution is 0.674. The van der Waals surface area contributed by atoms with Crippen molar-refractivity contribution in [1.29, 1.82) is 5.26 Å². The van der Waals surface area contributed by atoms with Gasteiger partial charge in [0, 0.05) is 6.08 Å². The molecule has 0 fully saturated rings. The van der Waals surface area contributed by atoms with Gasteiger partial charge in [-0.2, -0.15) is 5.26 Å². The number of allylic oxidation sites excluding steroid dienone is 6. The molecule has 0 bridgehead atoms. The van der Waals surface area contributed by atoms with Crippen LogP contribution in [-0.2, 0) is 0 Å². The van der Waals surface area contributed by atoms with Gasteiger partial charge in [-0.15, -0.1) is 0 Å². The molecule has 0 aromatic heterocycles. The lowest BCUT2D eigenvalue weighted by atomic mass is 10.1. The highest BCUT2D eigenvalue weighted by molar-refractivity contribution is 5.08. The van der Waals surface area contributed by atoms with E-state index in [1.54, 1.807) is 0 Å². The van der Waals surface area contributed by atoms with Crippen molar-refractivity contribution < 1.29 is 0 Å². The molecule has 1 heteroatoms. The molecule has 0 amide bonds. The SMILES string of the molecule is CCCCCC/C=C/C=C/C/C=C/C#N. The number of nitrogens with zero attached hydrogens (tertiary/aromatic N) is 1. The van der Waals surface area contributed by atoms with Crippen LogP contribution in [0.25, 0.3) is 0 Å². The van der Waals surface area contributed by atoms with Crippen molar-refractivity contribution in [2.75, 3.05) is 0 Å². The first-order chi connectivity index (χ1) is 7.41. The molecular formula is C14H21N. The van der Waals surface area contributed by atoms with Gasteiger partial charge in [-0.25, -0.2) is 0 Å². The van der Waals surface area contributed by atoms with Crippen molar-refractivity contribution in [3.8, 4) is 6.07 Å². The summed E-state index contributed by atoms with van der Waals surface area (Å²) in [6.45, 7) is 2.23. The van der Waals surface area contributed by atoms with Crippen LogP contribution in [0.5, 0.6) is 0 Å². The first kappa shape index (κ1) is 13.7. The lowest BCUT2D eigenvalue weighted by Gasteiger charge is -1.92. The third-order valence-electron chi connectivity index (χ3n) is 2.07. The Labute approximate surface area is 93.8 Å². The quantitative estimate of drug-likeness (QED) is 0.323. The van der Waals surface area contributed by atoms with Gasteiger partial charge in [0.15, 0.2) is 0 Å². The summed E-state index contributed by atoms with van der Waals surface area (Å²) < 4.78 is 0. The summed E-state index contributed by atoms with van der Waals surface area (Å²) in [6.07, 6.45) is 19.1. The number of rotatable bonds is 8. The van der Waals surface area contributed by atoms with Gasteiger partial charge in [-0.1, -0.05) is 56.6 Å². The van der Waals surface area contributed by atoms with Crippen molar-refractivity contribution in [2.24, 2.45) is 0 Å². The van der Waals surface area contributed by atoms with E-state index in [0.29, 0.717) is 0 Å². The van der Waals surface area contributed by atoms with Crippen LogP contribution in [-0.4, -0.2) is 0 Å². The van der Waals surface area contributed by atoms with Crippen LogP contribution in [0.1, 0.15) is 45.4 Å². The summed E-state index contributed by atoms with van der Waals surface area (Å²) in [4.78, 5) is 0. The highest BCUT2D eigenvalue weighted by Crippen LogP contribution is 2.02. The third kappa shape index (κ3) is 12.7. The maximum absolute atomic E-state index is 8.23. The molecule has 0 unspecified atom stereocenters. The molecule has 0 N–H and O–H groups in total. The van der Waals surface area contributed by atoms with Gasteiger partial charge in [0.1, 0.15) is 0 Å². The van der Waals surface area contributed by atoms with E-state index in [0.717, 1.165) is 6.42 Å². The maximum Gasteiger partial charge on any atom is 0.0908 e. The van der Waals surface area contributed by atoms with Crippen molar-refractivity contribution in [3.63, 3.8) is 0 Å². The molecule has 0 aliphatic rings. The first-order valence-corrected chi connectivity index (χ1v) is 5.78. The van der Waals surface area contributed by atoms with Crippen LogP contribution >= 0.6 is 0 Å². The monoisotopic (exact) mass is 203 g/mol. The maximum atomic E-state index is 8.23. The average molecular weight is 203 g/mol. The molecule has 0 spiro atoms. The van der Waals surface area contributed by atoms with E-state index >= 15 is 0 Å². The summed E-state index contributed by atoms with van der Waals surface area (Å²) in [7, 11) is 0. The molecule has 0 radical (unpaired) electrons. The van der Waals surface area contributed by atoms with Crippen LogP contribution in [0.2, 0.25) is 0 Å². The van der Waals surface area contributed by atoms with E-state index < -0.39 is 0 Å². The molecule has 1 nitrogen and oxygen atoms in total. The molecule has 82 valence electrons. The predicted molar refractivity (Wildman–Crippen MR) is 66.4 cm³/mol. The smallest absolute Gasteiger partial charge is 0.0908 e. The van der Waals surface area contributed by atoms with Crippen molar-refractivity contribution in [2.45, 2.75) is 45.4 Å². The minimum absolute atomic E-state index is 0.841. The third-order valence-corrected chi connectivity index (χ3v) is 2.07. The molecule has 0 aromatic rings. The second-order valence-corrected chi connectivity index (χ2v) is 3.47. The minimum atomic E-state index is 0.841. The number of hydrogen-bond acceptors (Lipinski definition) is 1. The topological polar surface area (TPSA) is 23.8 Å². The van der Waals surface area contributed by atoms with Crippen molar-refractivity contribution in [3.05, 3.63) is 36.5 Å². The summed E-state index contributed by atoms with van der Waals surface area (Å²) in [5, 5.41) is 8.23. The van der Waals surface area contributed by atoms with Gasteiger partial charge < -0.3 is 0 Å². The number of nitriles is 1. The summed E-state index contributed by atoms with van der Waals surface area (Å²) >= 11 is 0. The Kier molecular flexibility index (Phi) is 11.6. The predicted octanol–water partition coefficient (Wildman–Crippen LogP) is 4.54. The van der Waals surface area contributed by atoms with E-state index in [-0.39, 0.29) is 0 Å². The van der Waals surface area contributed by atoms with E-state index in [1.807, 2.05) is 18.2 Å². The van der Waals surface area contributed by atoms with Crippen molar-refractivity contribution >= 4 is 0 Å². The van der Waals surface area contributed by atoms with Gasteiger partial charge >= 0.3 is 0 Å². The fraction of sp³-hybridized carbons (Fsp3) is 0.500. The Hall–Kier alpha value is -1.29. The van der Waals surface area contributed by atoms with E-state index in [4.69, 9.17) is 5.26 Å². The van der Waals surface area contributed by atoms with E-state index in [9.17, 15) is 0 Å². The minimum Gasteiger partial charge on any atom is -0.193 e. The largest absolute Gasteiger partial charge is 0.193 e. The zero-order valence-corrected chi connectivity index (χ0v) is 9.65. The van der Waals surface area contributed by atoms with Crippen LogP contribution in [0, 0.1) is 11.3 Å². The van der Waals surface area contributed by atoms with E-state index in [1.165, 1.54) is 38.2 Å². The second kappa shape index (κ2) is 12.7. The van der Waals surface area contributed by atoms with E-state index in [2.05, 4.69) is 25.2 Å². The summed E-state index contributed by atoms with van der Waals surface area (Å²) in [6, 6.07) is 1.97. The molecule has 0 heterocycles. The first-order valence-electron chi connectivity index (χ1n) is 5.78. The van der Waals surface area contributed by atoms with Gasteiger partial charge in [-0.05, 0) is 19.3 Å². The van der Waals surface area contributed by atoms with Crippen LogP contribution in [0.4, 0.5) is 0 Å². The molecule has 0 saturated heterocycles. The Morgan fingerprint density at radius 2 is 1.80 bits per heavy atom. The van der Waals surface area contributed by atoms with Crippen LogP contribution in [0.15, 0.2) is 36.5 Å². The Bertz CT molecular complexity index is 241. The standard InChI is InChI=1S/C14H21N/c1-2-3-4-5-6-7-8-9-10-11-12-13-14-15/h7-10,12-13H,2-6,11H2,1H3/b8-7+,10-9+,13-12+. The van der Waals surface area contributed by atoms with Gasteiger partial charge in [0.25, 0.3) is 0 Å². The highest BCUT2D eigenvalue weighted by Gasteiger charge is 1.82. The van der Waals surface area contributed by atoms with Gasteiger partial charge in [-0.3, -0.25) is 0 Å². The molecule has 0 aromatic carbocycles. The van der Waals surface area contributed by atoms with Crippen LogP contribution in [0.3, 0.4) is 0 Å². The number of unbranched alkanes of at least 4 members (excludes halogenated alkanes) is 4. The molecule has 0 aliphatic carbocycles. The van der Waals surface area contributed by atoms with Gasteiger partial charge in [0.2, 0.25) is 0 Å². The molecular weight excluding hydrogens is 182 g/mol. The zero-order valence-electron chi connectivity index (χ0n) is 9.65. The zero-order chi connectivity index (χ0) is 11.2. The Balaban J connectivity index is 3.30. The molecule has 0 rings (SSSR count). The average Bonchev–Trinajstić information content (AvgIpc) is 2.26. The molecule has 15 heavy (non-hydrogen) atoms. The Morgan fingerprint density at radius 1 is 1.00 bits per heavy atom. The Morgan fingerprint density at radius 3 is 2.53 bits per heavy atom.